The molecule has 7 nitrogen and oxygen atoms in total. The van der Waals surface area contributed by atoms with Gasteiger partial charge in [0.2, 0.25) is 0 Å². The Balaban J connectivity index is 1.69. The number of hydrogen-bond donors (Lipinski definition) is 3. The van der Waals surface area contributed by atoms with Gasteiger partial charge in [-0.1, -0.05) is 18.2 Å². The van der Waals surface area contributed by atoms with Gasteiger partial charge in [0.1, 0.15) is 11.6 Å². The highest BCUT2D eigenvalue weighted by atomic mass is 16.1. The first-order valence-corrected chi connectivity index (χ1v) is 9.71. The Kier molecular flexibility index (Phi) is 5.67. The number of piperazine rings is 1. The van der Waals surface area contributed by atoms with E-state index in [1.54, 1.807) is 13.2 Å². The zero-order chi connectivity index (χ0) is 20.1. The minimum absolute atomic E-state index is 0.123. The van der Waals surface area contributed by atoms with Crippen LogP contribution in [-0.4, -0.2) is 49.1 Å². The molecule has 7 heteroatoms. The lowest BCUT2D eigenvalue weighted by Crippen LogP contribution is -2.44. The van der Waals surface area contributed by atoms with Gasteiger partial charge in [-0.05, 0) is 36.4 Å². The van der Waals surface area contributed by atoms with Gasteiger partial charge in [-0.3, -0.25) is 4.79 Å². The van der Waals surface area contributed by atoms with Gasteiger partial charge in [0.25, 0.3) is 5.91 Å². The van der Waals surface area contributed by atoms with Crippen LogP contribution < -0.4 is 20.9 Å². The standard InChI is InChI=1S/C22H24N6O/c1-23-22(29)17-13-19(27-21(15-17)28-11-9-24-10-12-28)16-7-8-25-20(14-16)26-18-5-3-2-4-6-18/h2-8,13-15,24H,9-12H2,1H3,(H,23,29)(H,25,26). The first-order valence-electron chi connectivity index (χ1n) is 9.71. The first-order chi connectivity index (χ1) is 14.2. The quantitative estimate of drug-likeness (QED) is 0.623. The highest BCUT2D eigenvalue weighted by Gasteiger charge is 2.16. The van der Waals surface area contributed by atoms with Crippen molar-refractivity contribution in [3.05, 3.63) is 66.4 Å². The highest BCUT2D eigenvalue weighted by molar-refractivity contribution is 5.96. The second-order valence-corrected chi connectivity index (χ2v) is 6.84. The van der Waals surface area contributed by atoms with Gasteiger partial charge in [-0.25, -0.2) is 9.97 Å². The number of para-hydroxylation sites is 1. The molecule has 0 saturated carbocycles. The number of nitrogens with zero attached hydrogens (tertiary/aromatic N) is 3. The lowest BCUT2D eigenvalue weighted by molar-refractivity contribution is 0.0963. The number of carbonyl (C=O) groups is 1. The van der Waals surface area contributed by atoms with E-state index in [-0.39, 0.29) is 5.91 Å². The van der Waals surface area contributed by atoms with Crippen LogP contribution in [-0.2, 0) is 0 Å². The summed E-state index contributed by atoms with van der Waals surface area (Å²) in [6, 6.07) is 17.4. The lowest BCUT2D eigenvalue weighted by Gasteiger charge is -2.29. The van der Waals surface area contributed by atoms with Crippen molar-refractivity contribution in [1.82, 2.24) is 20.6 Å². The normalized spacial score (nSPS) is 13.8. The number of nitrogens with one attached hydrogen (secondary N) is 3. The molecule has 1 saturated heterocycles. The Morgan fingerprint density at radius 1 is 1.07 bits per heavy atom. The maximum absolute atomic E-state index is 12.3. The van der Waals surface area contributed by atoms with Gasteiger partial charge in [0.15, 0.2) is 0 Å². The molecule has 0 aliphatic carbocycles. The van der Waals surface area contributed by atoms with Crippen LogP contribution in [0.3, 0.4) is 0 Å². The summed E-state index contributed by atoms with van der Waals surface area (Å²) in [5.41, 5.74) is 3.21. The van der Waals surface area contributed by atoms with E-state index in [2.05, 4.69) is 25.8 Å². The summed E-state index contributed by atoms with van der Waals surface area (Å²) >= 11 is 0. The SMILES string of the molecule is CNC(=O)c1cc(-c2ccnc(Nc3ccccc3)c2)nc(N2CCNCC2)c1. The number of aromatic nitrogens is 2. The summed E-state index contributed by atoms with van der Waals surface area (Å²) in [4.78, 5) is 23.8. The average molecular weight is 388 g/mol. The summed E-state index contributed by atoms with van der Waals surface area (Å²) in [6.07, 6.45) is 1.75. The highest BCUT2D eigenvalue weighted by Crippen LogP contribution is 2.26. The molecule has 0 bridgehead atoms. The van der Waals surface area contributed by atoms with Crippen molar-refractivity contribution >= 4 is 23.2 Å². The van der Waals surface area contributed by atoms with Gasteiger partial charge in [0.05, 0.1) is 5.69 Å². The molecular formula is C22H24N6O. The van der Waals surface area contributed by atoms with Crippen molar-refractivity contribution in [2.24, 2.45) is 0 Å². The largest absolute Gasteiger partial charge is 0.355 e. The number of rotatable bonds is 5. The second kappa shape index (κ2) is 8.70. The Hall–Kier alpha value is -3.45. The van der Waals surface area contributed by atoms with Crippen LogP contribution >= 0.6 is 0 Å². The van der Waals surface area contributed by atoms with Crippen LogP contribution in [0.25, 0.3) is 11.3 Å². The molecule has 3 aromatic rings. The fourth-order valence-corrected chi connectivity index (χ4v) is 3.32. The van der Waals surface area contributed by atoms with E-state index >= 15 is 0 Å². The third-order valence-electron chi connectivity index (χ3n) is 4.84. The summed E-state index contributed by atoms with van der Waals surface area (Å²) in [7, 11) is 1.64. The number of anilines is 3. The van der Waals surface area contributed by atoms with Crippen LogP contribution in [0.1, 0.15) is 10.4 Å². The molecule has 0 radical (unpaired) electrons. The molecule has 1 amide bonds. The predicted octanol–water partition coefficient (Wildman–Crippen LogP) is 2.66. The Bertz CT molecular complexity index is 986. The van der Waals surface area contributed by atoms with E-state index in [0.29, 0.717) is 5.56 Å². The van der Waals surface area contributed by atoms with Crippen molar-refractivity contribution in [1.29, 1.82) is 0 Å². The molecule has 2 aromatic heterocycles. The first kappa shape index (κ1) is 18.9. The van der Waals surface area contributed by atoms with E-state index in [9.17, 15) is 4.79 Å². The summed E-state index contributed by atoms with van der Waals surface area (Å²) < 4.78 is 0. The van der Waals surface area contributed by atoms with Gasteiger partial charge in [-0.2, -0.15) is 0 Å². The third-order valence-corrected chi connectivity index (χ3v) is 4.84. The molecule has 0 spiro atoms. The minimum atomic E-state index is -0.123. The Morgan fingerprint density at radius 3 is 2.62 bits per heavy atom. The molecule has 0 atom stereocenters. The van der Waals surface area contributed by atoms with Crippen LogP contribution in [0.15, 0.2) is 60.8 Å². The number of benzene rings is 1. The third kappa shape index (κ3) is 4.52. The minimum Gasteiger partial charge on any atom is -0.355 e. The number of pyridine rings is 2. The topological polar surface area (TPSA) is 82.2 Å². The van der Waals surface area contributed by atoms with Gasteiger partial charge < -0.3 is 20.9 Å². The molecule has 1 aliphatic rings. The van der Waals surface area contributed by atoms with Gasteiger partial charge in [0, 0.05) is 56.2 Å². The van der Waals surface area contributed by atoms with Crippen molar-refractivity contribution in [2.45, 2.75) is 0 Å². The molecule has 3 N–H and O–H groups in total. The predicted molar refractivity (Wildman–Crippen MR) is 116 cm³/mol. The van der Waals surface area contributed by atoms with E-state index in [1.165, 1.54) is 0 Å². The molecule has 4 rings (SSSR count). The lowest BCUT2D eigenvalue weighted by atomic mass is 10.1. The molecule has 29 heavy (non-hydrogen) atoms. The summed E-state index contributed by atoms with van der Waals surface area (Å²) in [6.45, 7) is 3.53. The smallest absolute Gasteiger partial charge is 0.251 e. The van der Waals surface area contributed by atoms with Crippen molar-refractivity contribution in [3.63, 3.8) is 0 Å². The van der Waals surface area contributed by atoms with Crippen LogP contribution in [0.5, 0.6) is 0 Å². The van der Waals surface area contributed by atoms with Crippen LogP contribution in [0.2, 0.25) is 0 Å². The molecule has 1 aromatic carbocycles. The monoisotopic (exact) mass is 388 g/mol. The van der Waals surface area contributed by atoms with E-state index in [1.807, 2.05) is 54.6 Å². The summed E-state index contributed by atoms with van der Waals surface area (Å²) in [5.74, 6) is 1.42. The fraction of sp³-hybridized carbons (Fsp3) is 0.227. The molecule has 1 fully saturated rings. The van der Waals surface area contributed by atoms with Crippen molar-refractivity contribution in [2.75, 3.05) is 43.4 Å². The maximum atomic E-state index is 12.3. The van der Waals surface area contributed by atoms with Gasteiger partial charge in [-0.15, -0.1) is 0 Å². The molecule has 3 heterocycles. The fourth-order valence-electron chi connectivity index (χ4n) is 3.32. The zero-order valence-electron chi connectivity index (χ0n) is 16.4. The van der Waals surface area contributed by atoms with Crippen molar-refractivity contribution in [3.8, 4) is 11.3 Å². The van der Waals surface area contributed by atoms with E-state index in [4.69, 9.17) is 4.98 Å². The Morgan fingerprint density at radius 2 is 1.86 bits per heavy atom. The maximum Gasteiger partial charge on any atom is 0.251 e. The molecule has 0 unspecified atom stereocenters. The summed E-state index contributed by atoms with van der Waals surface area (Å²) in [5, 5.41) is 9.36. The Labute approximate surface area is 170 Å². The zero-order valence-corrected chi connectivity index (χ0v) is 16.4. The van der Waals surface area contributed by atoms with E-state index < -0.39 is 0 Å². The van der Waals surface area contributed by atoms with Gasteiger partial charge >= 0.3 is 0 Å². The number of carbonyl (C=O) groups excluding carboxylic acids is 1. The van der Waals surface area contributed by atoms with Crippen LogP contribution in [0, 0.1) is 0 Å². The molecule has 1 aliphatic heterocycles. The average Bonchev–Trinajstić information content (AvgIpc) is 2.79. The number of amides is 1. The molecule has 148 valence electrons. The van der Waals surface area contributed by atoms with E-state index in [0.717, 1.165) is 54.8 Å². The van der Waals surface area contributed by atoms with Crippen LogP contribution in [0.4, 0.5) is 17.3 Å². The van der Waals surface area contributed by atoms with Crippen molar-refractivity contribution < 1.29 is 4.79 Å². The molecular weight excluding hydrogens is 364 g/mol. The second-order valence-electron chi connectivity index (χ2n) is 6.84. The number of hydrogen-bond acceptors (Lipinski definition) is 6.